The largest absolute Gasteiger partial charge is 0.355 e. The zero-order valence-corrected chi connectivity index (χ0v) is 16.3. The number of likely N-dealkylation sites (N-methyl/N-ethyl adjacent to an activating group) is 1. The van der Waals surface area contributed by atoms with Crippen LogP contribution in [0.2, 0.25) is 0 Å². The van der Waals surface area contributed by atoms with Crippen LogP contribution in [0.4, 0.5) is 0 Å². The third kappa shape index (κ3) is 7.38. The van der Waals surface area contributed by atoms with E-state index in [4.69, 9.17) is 0 Å². The van der Waals surface area contributed by atoms with Crippen molar-refractivity contribution in [2.45, 2.75) is 19.3 Å². The van der Waals surface area contributed by atoms with Gasteiger partial charge in [-0.2, -0.15) is 0 Å². The summed E-state index contributed by atoms with van der Waals surface area (Å²) in [7, 11) is 3.50. The zero-order valence-electron chi connectivity index (χ0n) is 16.3. The van der Waals surface area contributed by atoms with Crippen molar-refractivity contribution in [1.82, 2.24) is 20.0 Å². The van der Waals surface area contributed by atoms with E-state index >= 15 is 0 Å². The lowest BCUT2D eigenvalue weighted by atomic mass is 10.1. The average Bonchev–Trinajstić information content (AvgIpc) is 2.88. The van der Waals surface area contributed by atoms with Gasteiger partial charge >= 0.3 is 0 Å². The van der Waals surface area contributed by atoms with E-state index in [0.717, 1.165) is 18.5 Å². The highest BCUT2D eigenvalue weighted by Gasteiger charge is 2.20. The summed E-state index contributed by atoms with van der Waals surface area (Å²) in [6.45, 7) is 3.58. The van der Waals surface area contributed by atoms with E-state index in [9.17, 15) is 14.4 Å². The fourth-order valence-electron chi connectivity index (χ4n) is 3.02. The molecular formula is C20H30N4O3. The van der Waals surface area contributed by atoms with E-state index in [1.165, 1.54) is 0 Å². The van der Waals surface area contributed by atoms with Crippen LogP contribution in [0.3, 0.4) is 0 Å². The van der Waals surface area contributed by atoms with Crippen molar-refractivity contribution in [2.75, 3.05) is 53.4 Å². The molecule has 1 heterocycles. The van der Waals surface area contributed by atoms with Crippen LogP contribution in [0.1, 0.15) is 18.4 Å². The standard InChI is InChI=1S/C20H30N4O3/c1-22(2)20(27)16-23-11-6-12-24(14-13-23)19(26)9-10-21-18(25)15-17-7-4-3-5-8-17/h3-5,7-8H,6,9-16H2,1-2H3,(H,21,25). The Morgan fingerprint density at radius 2 is 1.78 bits per heavy atom. The van der Waals surface area contributed by atoms with Gasteiger partial charge in [-0.3, -0.25) is 19.3 Å². The van der Waals surface area contributed by atoms with E-state index in [-0.39, 0.29) is 17.7 Å². The van der Waals surface area contributed by atoms with Gasteiger partial charge in [0.2, 0.25) is 17.7 Å². The quantitative estimate of drug-likeness (QED) is 0.748. The fourth-order valence-corrected chi connectivity index (χ4v) is 3.02. The van der Waals surface area contributed by atoms with Crippen LogP contribution < -0.4 is 5.32 Å². The lowest BCUT2D eigenvalue weighted by molar-refractivity contribution is -0.131. The summed E-state index contributed by atoms with van der Waals surface area (Å²) >= 11 is 0. The molecule has 2 rings (SSSR count). The number of amides is 3. The van der Waals surface area contributed by atoms with Gasteiger partial charge in [-0.15, -0.1) is 0 Å². The molecule has 1 aromatic rings. The molecule has 0 aliphatic carbocycles. The maximum Gasteiger partial charge on any atom is 0.236 e. The minimum atomic E-state index is -0.0711. The average molecular weight is 374 g/mol. The summed E-state index contributed by atoms with van der Waals surface area (Å²) in [5.41, 5.74) is 0.959. The summed E-state index contributed by atoms with van der Waals surface area (Å²) in [4.78, 5) is 41.7. The predicted octanol–water partition coefficient (Wildman–Crippen LogP) is 0.358. The highest BCUT2D eigenvalue weighted by molar-refractivity contribution is 5.80. The Hall–Kier alpha value is -2.41. The second-order valence-electron chi connectivity index (χ2n) is 7.06. The zero-order chi connectivity index (χ0) is 19.6. The maximum absolute atomic E-state index is 12.4. The van der Waals surface area contributed by atoms with E-state index < -0.39 is 0 Å². The van der Waals surface area contributed by atoms with Crippen molar-refractivity contribution in [3.63, 3.8) is 0 Å². The van der Waals surface area contributed by atoms with Crippen LogP contribution in [0.15, 0.2) is 30.3 Å². The van der Waals surface area contributed by atoms with Gasteiger partial charge in [-0.1, -0.05) is 30.3 Å². The predicted molar refractivity (Wildman–Crippen MR) is 104 cm³/mol. The van der Waals surface area contributed by atoms with Crippen molar-refractivity contribution < 1.29 is 14.4 Å². The summed E-state index contributed by atoms with van der Waals surface area (Å²) in [5, 5.41) is 2.82. The molecule has 1 fully saturated rings. The molecule has 1 aliphatic rings. The Labute approximate surface area is 161 Å². The number of hydrogen-bond acceptors (Lipinski definition) is 4. The molecule has 3 amide bonds. The number of benzene rings is 1. The Balaban J connectivity index is 1.68. The minimum Gasteiger partial charge on any atom is -0.355 e. The molecule has 0 bridgehead atoms. The summed E-state index contributed by atoms with van der Waals surface area (Å²) in [6, 6.07) is 9.55. The van der Waals surface area contributed by atoms with Gasteiger partial charge in [-0.25, -0.2) is 0 Å². The van der Waals surface area contributed by atoms with Gasteiger partial charge in [0.15, 0.2) is 0 Å². The number of nitrogens with one attached hydrogen (secondary N) is 1. The van der Waals surface area contributed by atoms with Gasteiger partial charge in [-0.05, 0) is 12.0 Å². The Bertz CT molecular complexity index is 633. The highest BCUT2D eigenvalue weighted by atomic mass is 16.2. The van der Waals surface area contributed by atoms with E-state index in [1.54, 1.807) is 19.0 Å². The van der Waals surface area contributed by atoms with Crippen molar-refractivity contribution >= 4 is 17.7 Å². The number of rotatable bonds is 7. The Morgan fingerprint density at radius 1 is 1.04 bits per heavy atom. The molecular weight excluding hydrogens is 344 g/mol. The molecule has 0 atom stereocenters. The molecule has 0 saturated carbocycles. The first kappa shape index (κ1) is 20.9. The molecule has 148 valence electrons. The first-order valence-corrected chi connectivity index (χ1v) is 9.46. The molecule has 0 spiro atoms. The second-order valence-corrected chi connectivity index (χ2v) is 7.06. The van der Waals surface area contributed by atoms with Crippen LogP contribution in [0.25, 0.3) is 0 Å². The molecule has 7 nitrogen and oxygen atoms in total. The van der Waals surface area contributed by atoms with Crippen molar-refractivity contribution in [2.24, 2.45) is 0 Å². The van der Waals surface area contributed by atoms with Gasteiger partial charge in [0, 0.05) is 53.2 Å². The second kappa shape index (κ2) is 10.7. The molecule has 7 heteroatoms. The molecule has 1 saturated heterocycles. The van der Waals surface area contributed by atoms with Crippen LogP contribution in [0.5, 0.6) is 0 Å². The minimum absolute atomic E-state index is 0.0517. The van der Waals surface area contributed by atoms with Gasteiger partial charge in [0.1, 0.15) is 0 Å². The third-order valence-corrected chi connectivity index (χ3v) is 4.67. The number of nitrogens with zero attached hydrogens (tertiary/aromatic N) is 3. The van der Waals surface area contributed by atoms with Gasteiger partial charge < -0.3 is 15.1 Å². The number of hydrogen-bond donors (Lipinski definition) is 1. The molecule has 0 unspecified atom stereocenters. The van der Waals surface area contributed by atoms with Crippen LogP contribution in [-0.2, 0) is 20.8 Å². The molecule has 0 aromatic heterocycles. The summed E-state index contributed by atoms with van der Waals surface area (Å²) in [5.74, 6) is 0.0601. The van der Waals surface area contributed by atoms with Crippen LogP contribution in [-0.4, -0.2) is 85.8 Å². The Morgan fingerprint density at radius 3 is 2.48 bits per heavy atom. The topological polar surface area (TPSA) is 73.0 Å². The first-order valence-electron chi connectivity index (χ1n) is 9.46. The maximum atomic E-state index is 12.4. The van der Waals surface area contributed by atoms with Crippen LogP contribution in [0, 0.1) is 0 Å². The Kier molecular flexibility index (Phi) is 8.26. The molecule has 1 N–H and O–H groups in total. The van der Waals surface area contributed by atoms with Gasteiger partial charge in [0.05, 0.1) is 13.0 Å². The normalized spacial score (nSPS) is 15.1. The van der Waals surface area contributed by atoms with E-state index in [2.05, 4.69) is 10.2 Å². The van der Waals surface area contributed by atoms with E-state index in [1.807, 2.05) is 35.2 Å². The fraction of sp³-hybridized carbons (Fsp3) is 0.550. The number of carbonyl (C=O) groups excluding carboxylic acids is 3. The van der Waals surface area contributed by atoms with E-state index in [0.29, 0.717) is 45.6 Å². The lowest BCUT2D eigenvalue weighted by Crippen LogP contribution is -2.40. The van der Waals surface area contributed by atoms with Crippen molar-refractivity contribution in [1.29, 1.82) is 0 Å². The van der Waals surface area contributed by atoms with Crippen molar-refractivity contribution in [3.05, 3.63) is 35.9 Å². The van der Waals surface area contributed by atoms with Gasteiger partial charge in [0.25, 0.3) is 0 Å². The monoisotopic (exact) mass is 374 g/mol. The van der Waals surface area contributed by atoms with Crippen molar-refractivity contribution in [3.8, 4) is 0 Å². The molecule has 0 radical (unpaired) electrons. The summed E-state index contributed by atoms with van der Waals surface area (Å²) in [6.07, 6.45) is 1.48. The summed E-state index contributed by atoms with van der Waals surface area (Å²) < 4.78 is 0. The highest BCUT2D eigenvalue weighted by Crippen LogP contribution is 2.05. The van der Waals surface area contributed by atoms with Crippen LogP contribution >= 0.6 is 0 Å². The first-order chi connectivity index (χ1) is 13.0. The lowest BCUT2D eigenvalue weighted by Gasteiger charge is -2.22. The molecule has 1 aliphatic heterocycles. The molecule has 1 aromatic carbocycles. The molecule has 27 heavy (non-hydrogen) atoms. The smallest absolute Gasteiger partial charge is 0.236 e. The SMILES string of the molecule is CN(C)C(=O)CN1CCCN(C(=O)CCNC(=O)Cc2ccccc2)CC1. The number of carbonyl (C=O) groups is 3. The third-order valence-electron chi connectivity index (χ3n) is 4.67.